The number of carbonyl (C=O) groups excluding carboxylic acids is 1. The van der Waals surface area contributed by atoms with Crippen molar-refractivity contribution in [2.45, 2.75) is 68.9 Å². The molecule has 7 rings (SSSR count). The van der Waals surface area contributed by atoms with E-state index in [-0.39, 0.29) is 29.7 Å². The van der Waals surface area contributed by atoms with Gasteiger partial charge < -0.3 is 14.2 Å². The van der Waals surface area contributed by atoms with Crippen LogP contribution in [-0.2, 0) is 23.1 Å². The summed E-state index contributed by atoms with van der Waals surface area (Å²) in [5.74, 6) is 4.09. The van der Waals surface area contributed by atoms with Crippen molar-refractivity contribution in [3.8, 4) is 17.2 Å². The number of hydrogen-bond donors (Lipinski definition) is 0. The Morgan fingerprint density at radius 2 is 1.97 bits per heavy atom. The molecule has 2 aromatic carbocycles. The molecule has 2 aromatic rings. The number of piperidine rings is 1. The highest BCUT2D eigenvalue weighted by Gasteiger charge is 2.66. The number of benzene rings is 2. The molecule has 4 atom stereocenters. The average Bonchev–Trinajstić information content (AvgIpc) is 3.63. The van der Waals surface area contributed by atoms with E-state index in [2.05, 4.69) is 35.2 Å². The number of carbonyl (C=O) groups is 1. The SMILES string of the molecule is COc1cc(OCCCc2ccccc2)c2c3c1O[C@H]1C(=O)CC[C@H]4[C@@H](C2)N(CC2CC2)CC[C@]314.Cl. The van der Waals surface area contributed by atoms with Crippen molar-refractivity contribution in [3.05, 3.63) is 53.1 Å². The number of rotatable bonds is 8. The van der Waals surface area contributed by atoms with Crippen LogP contribution in [0, 0.1) is 11.8 Å². The molecule has 5 aliphatic rings. The fourth-order valence-electron chi connectivity index (χ4n) is 7.69. The maximum absolute atomic E-state index is 13.2. The molecule has 3 aliphatic carbocycles. The summed E-state index contributed by atoms with van der Waals surface area (Å²) < 4.78 is 18.9. The Labute approximate surface area is 219 Å². The molecule has 6 heteroatoms. The molecule has 2 heterocycles. The van der Waals surface area contributed by atoms with Crippen LogP contribution in [0.25, 0.3) is 0 Å². The number of aryl methyl sites for hydroxylation is 1. The van der Waals surface area contributed by atoms with E-state index in [9.17, 15) is 4.79 Å². The van der Waals surface area contributed by atoms with Crippen LogP contribution in [0.1, 0.15) is 55.2 Å². The van der Waals surface area contributed by atoms with Gasteiger partial charge in [-0.15, -0.1) is 12.4 Å². The minimum Gasteiger partial charge on any atom is -0.493 e. The summed E-state index contributed by atoms with van der Waals surface area (Å²) in [7, 11) is 1.70. The Bertz CT molecular complexity index is 1150. The first kappa shape index (κ1) is 24.1. The molecule has 5 nitrogen and oxygen atoms in total. The van der Waals surface area contributed by atoms with Crippen molar-refractivity contribution in [2.24, 2.45) is 11.8 Å². The monoisotopic (exact) mass is 509 g/mol. The summed E-state index contributed by atoms with van der Waals surface area (Å²) in [6.07, 6.45) is 7.96. The second-order valence-electron chi connectivity index (χ2n) is 11.3. The van der Waals surface area contributed by atoms with Gasteiger partial charge in [-0.3, -0.25) is 9.69 Å². The van der Waals surface area contributed by atoms with E-state index in [0.717, 1.165) is 61.8 Å². The number of Topliss-reactive ketones (excluding diaryl/α,β-unsaturated/α-hetero) is 1. The van der Waals surface area contributed by atoms with Gasteiger partial charge >= 0.3 is 0 Å². The Balaban J connectivity index is 0.00000240. The van der Waals surface area contributed by atoms with Gasteiger partial charge in [0.05, 0.1) is 13.7 Å². The van der Waals surface area contributed by atoms with E-state index in [0.29, 0.717) is 25.0 Å². The highest BCUT2D eigenvalue weighted by atomic mass is 35.5. The minimum absolute atomic E-state index is 0. The Hall–Kier alpha value is -2.24. The fraction of sp³-hybridized carbons (Fsp3) is 0.567. The normalized spacial score (nSPS) is 29.7. The van der Waals surface area contributed by atoms with E-state index >= 15 is 0 Å². The largest absolute Gasteiger partial charge is 0.493 e. The van der Waals surface area contributed by atoms with E-state index in [1.807, 2.05) is 6.07 Å². The van der Waals surface area contributed by atoms with Gasteiger partial charge in [-0.25, -0.2) is 0 Å². The molecule has 0 radical (unpaired) electrons. The molecular weight excluding hydrogens is 474 g/mol. The average molecular weight is 510 g/mol. The van der Waals surface area contributed by atoms with Crippen LogP contribution in [0.5, 0.6) is 17.2 Å². The van der Waals surface area contributed by atoms with Gasteiger partial charge in [0.25, 0.3) is 0 Å². The Morgan fingerprint density at radius 3 is 2.75 bits per heavy atom. The lowest BCUT2D eigenvalue weighted by molar-refractivity contribution is -0.138. The summed E-state index contributed by atoms with van der Waals surface area (Å²) >= 11 is 0. The molecule has 2 saturated carbocycles. The van der Waals surface area contributed by atoms with Crippen LogP contribution < -0.4 is 14.2 Å². The van der Waals surface area contributed by atoms with E-state index in [1.165, 1.54) is 36.1 Å². The first-order valence-electron chi connectivity index (χ1n) is 13.5. The number of methoxy groups -OCH3 is 1. The van der Waals surface area contributed by atoms with Gasteiger partial charge in [0.1, 0.15) is 5.75 Å². The molecule has 192 valence electrons. The summed E-state index contributed by atoms with van der Waals surface area (Å²) in [6, 6.07) is 13.1. The van der Waals surface area contributed by atoms with Gasteiger partial charge in [-0.2, -0.15) is 0 Å². The summed E-state index contributed by atoms with van der Waals surface area (Å²) in [5, 5.41) is 0. The number of ketones is 1. The lowest BCUT2D eigenvalue weighted by atomic mass is 9.51. The lowest BCUT2D eigenvalue weighted by Gasteiger charge is -2.57. The number of likely N-dealkylation sites (tertiary alicyclic amines) is 1. The van der Waals surface area contributed by atoms with Crippen LogP contribution >= 0.6 is 12.4 Å². The summed E-state index contributed by atoms with van der Waals surface area (Å²) in [4.78, 5) is 16.0. The second-order valence-corrected chi connectivity index (χ2v) is 11.3. The molecule has 3 fully saturated rings. The van der Waals surface area contributed by atoms with Gasteiger partial charge in [-0.1, -0.05) is 30.3 Å². The summed E-state index contributed by atoms with van der Waals surface area (Å²) in [5.41, 5.74) is 3.66. The third-order valence-corrected chi connectivity index (χ3v) is 9.42. The van der Waals surface area contributed by atoms with E-state index < -0.39 is 0 Å². The minimum atomic E-state index is -0.358. The van der Waals surface area contributed by atoms with Gasteiger partial charge in [0.15, 0.2) is 23.4 Å². The predicted octanol–water partition coefficient (Wildman–Crippen LogP) is 5.15. The van der Waals surface area contributed by atoms with Crippen LogP contribution in [0.4, 0.5) is 0 Å². The van der Waals surface area contributed by atoms with Crippen molar-refractivity contribution in [1.82, 2.24) is 4.90 Å². The quantitative estimate of drug-likeness (QED) is 0.461. The zero-order valence-electron chi connectivity index (χ0n) is 21.0. The Kier molecular flexibility index (Phi) is 6.20. The third-order valence-electron chi connectivity index (χ3n) is 9.42. The fourth-order valence-corrected chi connectivity index (χ4v) is 7.69. The van der Waals surface area contributed by atoms with E-state index in [4.69, 9.17) is 14.2 Å². The second kappa shape index (κ2) is 9.25. The molecule has 0 aromatic heterocycles. The number of nitrogens with zero attached hydrogens (tertiary/aromatic N) is 1. The van der Waals surface area contributed by atoms with Crippen molar-refractivity contribution in [2.75, 3.05) is 26.8 Å². The molecule has 36 heavy (non-hydrogen) atoms. The topological polar surface area (TPSA) is 48.0 Å². The van der Waals surface area contributed by atoms with Crippen LogP contribution in [0.2, 0.25) is 0 Å². The van der Waals surface area contributed by atoms with Crippen molar-refractivity contribution >= 4 is 18.2 Å². The molecule has 2 bridgehead atoms. The maximum atomic E-state index is 13.2. The lowest BCUT2D eigenvalue weighted by Crippen LogP contribution is -2.66. The van der Waals surface area contributed by atoms with Crippen LogP contribution in [0.3, 0.4) is 0 Å². The van der Waals surface area contributed by atoms with Gasteiger partial charge in [0.2, 0.25) is 0 Å². The molecule has 0 N–H and O–H groups in total. The van der Waals surface area contributed by atoms with Crippen LogP contribution in [-0.4, -0.2) is 49.6 Å². The highest BCUT2D eigenvalue weighted by molar-refractivity contribution is 5.89. The first-order valence-corrected chi connectivity index (χ1v) is 13.5. The maximum Gasteiger partial charge on any atom is 0.174 e. The number of hydrogen-bond acceptors (Lipinski definition) is 5. The van der Waals surface area contributed by atoms with Gasteiger partial charge in [0, 0.05) is 41.6 Å². The van der Waals surface area contributed by atoms with Gasteiger partial charge in [-0.05, 0) is 68.9 Å². The van der Waals surface area contributed by atoms with Crippen molar-refractivity contribution < 1.29 is 19.0 Å². The molecule has 0 amide bonds. The third kappa shape index (κ3) is 3.65. The molecular formula is C30H36ClNO4. The molecule has 0 unspecified atom stereocenters. The smallest absolute Gasteiger partial charge is 0.174 e. The zero-order valence-corrected chi connectivity index (χ0v) is 21.9. The first-order chi connectivity index (χ1) is 17.2. The standard InChI is InChI=1S/C30H35NO4.ClH/c1-33-26-17-25(34-15-5-8-19-6-3-2-4-7-19)21-16-23-22-11-12-24(32)29-30(22,27(21)28(26)35-29)13-14-31(23)18-20-9-10-20;/h2-4,6-7,17,20,22-23,29H,5,8-16,18H2,1H3;1H/t22-,23+,29-,30-;/m0./s1. The highest BCUT2D eigenvalue weighted by Crippen LogP contribution is 2.65. The Morgan fingerprint density at radius 1 is 1.14 bits per heavy atom. The van der Waals surface area contributed by atoms with Crippen molar-refractivity contribution in [1.29, 1.82) is 0 Å². The molecule has 2 aliphatic heterocycles. The number of halogens is 1. The molecule has 1 spiro atoms. The van der Waals surface area contributed by atoms with E-state index in [1.54, 1.807) is 7.11 Å². The number of ether oxygens (including phenoxy) is 3. The van der Waals surface area contributed by atoms with Crippen LogP contribution in [0.15, 0.2) is 36.4 Å². The molecule has 1 saturated heterocycles. The van der Waals surface area contributed by atoms with Crippen molar-refractivity contribution in [3.63, 3.8) is 0 Å². The zero-order chi connectivity index (χ0) is 23.6. The summed E-state index contributed by atoms with van der Waals surface area (Å²) in [6.45, 7) is 2.94. The predicted molar refractivity (Wildman–Crippen MR) is 141 cm³/mol.